The molecular formula is C24H16O. The van der Waals surface area contributed by atoms with Crippen LogP contribution in [-0.4, -0.2) is 5.11 Å². The molecule has 0 spiro atoms. The first kappa shape index (κ1) is 15.1. The Balaban J connectivity index is 2.12. The van der Waals surface area contributed by atoms with Gasteiger partial charge in [-0.3, -0.25) is 0 Å². The van der Waals surface area contributed by atoms with Crippen LogP contribution in [0.25, 0.3) is 11.1 Å². The summed E-state index contributed by atoms with van der Waals surface area (Å²) < 4.78 is 0. The molecule has 3 aromatic carbocycles. The van der Waals surface area contributed by atoms with Crippen LogP contribution in [-0.2, 0) is 5.41 Å². The molecule has 0 aliphatic heterocycles. The van der Waals surface area contributed by atoms with Gasteiger partial charge in [-0.25, -0.2) is 0 Å². The Morgan fingerprint density at radius 2 is 1.32 bits per heavy atom. The normalized spacial score (nSPS) is 13.4. The maximum Gasteiger partial charge on any atom is 0.147 e. The Kier molecular flexibility index (Phi) is 3.21. The number of benzene rings is 3. The van der Waals surface area contributed by atoms with Gasteiger partial charge in [0.1, 0.15) is 5.75 Å². The second kappa shape index (κ2) is 5.30. The summed E-state index contributed by atoms with van der Waals surface area (Å²) in [6.45, 7) is 2.16. The van der Waals surface area contributed by atoms with Crippen molar-refractivity contribution in [1.29, 1.82) is 0 Å². The average molecular weight is 320 g/mol. The van der Waals surface area contributed by atoms with E-state index in [4.69, 9.17) is 12.8 Å². The average Bonchev–Trinajstić information content (AvgIpc) is 2.92. The minimum absolute atomic E-state index is 0.00517. The third-order valence-corrected chi connectivity index (χ3v) is 5.24. The van der Waals surface area contributed by atoms with Crippen LogP contribution in [0, 0.1) is 24.7 Å². The number of phenolic OH excluding ortho intramolecular Hbond substituents is 1. The van der Waals surface area contributed by atoms with Crippen molar-refractivity contribution in [2.45, 2.75) is 12.3 Å². The third-order valence-electron chi connectivity index (χ3n) is 5.24. The minimum atomic E-state index is -0.445. The molecule has 1 N–H and O–H groups in total. The summed E-state index contributed by atoms with van der Waals surface area (Å²) in [5.74, 6) is 5.15. The van der Waals surface area contributed by atoms with Gasteiger partial charge in [0.05, 0.1) is 11.1 Å². The van der Waals surface area contributed by atoms with Crippen LogP contribution in [0.15, 0.2) is 60.7 Å². The first-order valence-electron chi connectivity index (χ1n) is 8.12. The van der Waals surface area contributed by atoms with Crippen molar-refractivity contribution in [3.63, 3.8) is 0 Å². The van der Waals surface area contributed by atoms with E-state index in [1.54, 1.807) is 6.07 Å². The second-order valence-electron chi connectivity index (χ2n) is 6.39. The summed E-state index contributed by atoms with van der Waals surface area (Å²) in [6.07, 6.45) is 11.2. The highest BCUT2D eigenvalue weighted by atomic mass is 16.3. The molecule has 0 saturated heterocycles. The molecule has 0 atom stereocenters. The fourth-order valence-electron chi connectivity index (χ4n) is 4.01. The molecule has 0 fully saturated rings. The van der Waals surface area contributed by atoms with Gasteiger partial charge in [0, 0.05) is 5.41 Å². The smallest absolute Gasteiger partial charge is 0.147 e. The molecule has 25 heavy (non-hydrogen) atoms. The molecule has 3 aromatic rings. The maximum atomic E-state index is 10.6. The van der Waals surface area contributed by atoms with E-state index in [2.05, 4.69) is 43.0 Å². The molecule has 0 unspecified atom stereocenters. The molecule has 0 radical (unpaired) electrons. The molecule has 0 heterocycles. The standard InChI is InChI=1S/C24H16O/c1-4-16-14-15-22(17(5-2)23(16)25)24(3)20-12-8-6-10-18(20)19-11-7-9-13-21(19)24/h1-2,6-15,25H,3H3. The van der Waals surface area contributed by atoms with E-state index in [-0.39, 0.29) is 5.75 Å². The van der Waals surface area contributed by atoms with E-state index in [1.807, 2.05) is 30.3 Å². The molecule has 1 nitrogen and oxygen atoms in total. The third kappa shape index (κ3) is 1.87. The van der Waals surface area contributed by atoms with Crippen molar-refractivity contribution in [2.24, 2.45) is 0 Å². The molecule has 1 aliphatic rings. The van der Waals surface area contributed by atoms with Crippen molar-refractivity contribution in [3.05, 3.63) is 88.5 Å². The van der Waals surface area contributed by atoms with Gasteiger partial charge in [-0.05, 0) is 40.8 Å². The number of aromatic hydroxyl groups is 1. The van der Waals surface area contributed by atoms with Gasteiger partial charge >= 0.3 is 0 Å². The van der Waals surface area contributed by atoms with Crippen molar-refractivity contribution in [2.75, 3.05) is 0 Å². The number of terminal acetylenes is 2. The van der Waals surface area contributed by atoms with Gasteiger partial charge in [0.2, 0.25) is 0 Å². The molecule has 0 saturated carbocycles. The first-order valence-corrected chi connectivity index (χ1v) is 8.12. The zero-order chi connectivity index (χ0) is 17.6. The van der Waals surface area contributed by atoms with E-state index in [1.165, 1.54) is 22.3 Å². The SMILES string of the molecule is C#Cc1ccc(C2(C)c3ccccc3-c3ccccc32)c(C#C)c1O. The quantitative estimate of drug-likeness (QED) is 0.645. The Morgan fingerprint density at radius 3 is 1.84 bits per heavy atom. The van der Waals surface area contributed by atoms with Crippen molar-refractivity contribution < 1.29 is 5.11 Å². The van der Waals surface area contributed by atoms with Crippen LogP contribution in [0.4, 0.5) is 0 Å². The number of hydrogen-bond donors (Lipinski definition) is 1. The highest BCUT2D eigenvalue weighted by Crippen LogP contribution is 2.53. The lowest BCUT2D eigenvalue weighted by molar-refractivity contribution is 0.470. The Labute approximate surface area is 148 Å². The van der Waals surface area contributed by atoms with Gasteiger partial charge in [-0.1, -0.05) is 66.4 Å². The number of phenols is 1. The highest BCUT2D eigenvalue weighted by Gasteiger charge is 2.42. The zero-order valence-corrected chi connectivity index (χ0v) is 13.9. The van der Waals surface area contributed by atoms with Gasteiger partial charge in [0.15, 0.2) is 0 Å². The Hall–Kier alpha value is -3.42. The Bertz CT molecular complexity index is 1040. The predicted molar refractivity (Wildman–Crippen MR) is 101 cm³/mol. The minimum Gasteiger partial charge on any atom is -0.505 e. The summed E-state index contributed by atoms with van der Waals surface area (Å²) >= 11 is 0. The van der Waals surface area contributed by atoms with Crippen LogP contribution in [0.3, 0.4) is 0 Å². The fourth-order valence-corrected chi connectivity index (χ4v) is 4.01. The van der Waals surface area contributed by atoms with Crippen LogP contribution < -0.4 is 0 Å². The van der Waals surface area contributed by atoms with E-state index in [0.29, 0.717) is 11.1 Å². The fraction of sp³-hybridized carbons (Fsp3) is 0.0833. The van der Waals surface area contributed by atoms with Crippen LogP contribution >= 0.6 is 0 Å². The molecule has 4 rings (SSSR count). The van der Waals surface area contributed by atoms with Crippen molar-refractivity contribution in [1.82, 2.24) is 0 Å². The van der Waals surface area contributed by atoms with E-state index >= 15 is 0 Å². The molecule has 0 amide bonds. The lowest BCUT2D eigenvalue weighted by Gasteiger charge is -2.30. The number of hydrogen-bond acceptors (Lipinski definition) is 1. The van der Waals surface area contributed by atoms with E-state index in [9.17, 15) is 5.11 Å². The van der Waals surface area contributed by atoms with Gasteiger partial charge in [-0.15, -0.1) is 12.8 Å². The van der Waals surface area contributed by atoms with Crippen LogP contribution in [0.5, 0.6) is 5.75 Å². The lowest BCUT2D eigenvalue weighted by Crippen LogP contribution is -2.24. The summed E-state index contributed by atoms with van der Waals surface area (Å²) in [6, 6.07) is 20.4. The summed E-state index contributed by atoms with van der Waals surface area (Å²) in [7, 11) is 0. The largest absolute Gasteiger partial charge is 0.505 e. The molecule has 0 bridgehead atoms. The number of fused-ring (bicyclic) bond motifs is 3. The monoisotopic (exact) mass is 320 g/mol. The van der Waals surface area contributed by atoms with Gasteiger partial charge < -0.3 is 5.11 Å². The zero-order valence-electron chi connectivity index (χ0n) is 13.9. The van der Waals surface area contributed by atoms with Crippen LogP contribution in [0.1, 0.15) is 34.7 Å². The van der Waals surface area contributed by atoms with Crippen molar-refractivity contribution in [3.8, 4) is 41.6 Å². The predicted octanol–water partition coefficient (Wildman–Crippen LogP) is 4.69. The number of rotatable bonds is 1. The lowest BCUT2D eigenvalue weighted by atomic mass is 9.72. The first-order chi connectivity index (χ1) is 12.1. The van der Waals surface area contributed by atoms with Gasteiger partial charge in [0.25, 0.3) is 0 Å². The molecule has 1 heteroatoms. The molecule has 0 aromatic heterocycles. The maximum absolute atomic E-state index is 10.6. The summed E-state index contributed by atoms with van der Waals surface area (Å²) in [4.78, 5) is 0. The van der Waals surface area contributed by atoms with E-state index in [0.717, 1.165) is 5.56 Å². The van der Waals surface area contributed by atoms with Crippen LogP contribution in [0.2, 0.25) is 0 Å². The highest BCUT2D eigenvalue weighted by molar-refractivity contribution is 5.84. The molecule has 1 aliphatic carbocycles. The van der Waals surface area contributed by atoms with Crippen molar-refractivity contribution >= 4 is 0 Å². The summed E-state index contributed by atoms with van der Waals surface area (Å²) in [5.41, 5.74) is 6.09. The second-order valence-corrected chi connectivity index (χ2v) is 6.39. The van der Waals surface area contributed by atoms with E-state index < -0.39 is 5.41 Å². The molecule has 118 valence electrons. The summed E-state index contributed by atoms with van der Waals surface area (Å²) in [5, 5.41) is 10.6. The topological polar surface area (TPSA) is 20.2 Å². The Morgan fingerprint density at radius 1 is 0.760 bits per heavy atom. The van der Waals surface area contributed by atoms with Gasteiger partial charge in [-0.2, -0.15) is 0 Å². The molecular weight excluding hydrogens is 304 g/mol.